The van der Waals surface area contributed by atoms with E-state index in [-0.39, 0.29) is 32.1 Å². The maximum absolute atomic E-state index is 12.8. The van der Waals surface area contributed by atoms with E-state index in [0.29, 0.717) is 10.8 Å². The van der Waals surface area contributed by atoms with Crippen molar-refractivity contribution in [2.75, 3.05) is 7.11 Å². The van der Waals surface area contributed by atoms with Crippen LogP contribution in [0.3, 0.4) is 0 Å². The van der Waals surface area contributed by atoms with Crippen molar-refractivity contribution in [3.05, 3.63) is 44.9 Å². The summed E-state index contributed by atoms with van der Waals surface area (Å²) in [6, 6.07) is 6.02. The summed E-state index contributed by atoms with van der Waals surface area (Å²) >= 11 is 3.16. The normalized spacial score (nSPS) is 13.1. The minimum Gasteiger partial charge on any atom is -0.468 e. The van der Waals surface area contributed by atoms with Crippen molar-refractivity contribution in [1.82, 2.24) is 4.72 Å². The highest BCUT2D eigenvalue weighted by molar-refractivity contribution is 9.10. The highest BCUT2D eigenvalue weighted by Crippen LogP contribution is 2.36. The molecular weight excluding hydrogens is 468 g/mol. The molecule has 3 aromatic rings. The Morgan fingerprint density at radius 1 is 1.21 bits per heavy atom. The van der Waals surface area contributed by atoms with E-state index in [4.69, 9.17) is 4.42 Å². The number of furan rings is 1. The van der Waals surface area contributed by atoms with E-state index in [0.717, 1.165) is 0 Å². The van der Waals surface area contributed by atoms with Crippen LogP contribution in [-0.2, 0) is 19.6 Å². The van der Waals surface area contributed by atoms with Crippen LogP contribution in [0.15, 0.2) is 44.1 Å². The number of fused-ring (bicyclic) bond motifs is 3. The van der Waals surface area contributed by atoms with Crippen LogP contribution in [-0.4, -0.2) is 32.5 Å². The predicted molar refractivity (Wildman–Crippen MR) is 109 cm³/mol. The number of carbonyl (C=O) groups is 1. The van der Waals surface area contributed by atoms with Crippen LogP contribution in [0.5, 0.6) is 0 Å². The summed E-state index contributed by atoms with van der Waals surface area (Å²) in [5.74, 6) is -1.02. The van der Waals surface area contributed by atoms with Gasteiger partial charge in [0.15, 0.2) is 0 Å². The number of sulfonamides is 1. The van der Waals surface area contributed by atoms with Gasteiger partial charge in [-0.25, -0.2) is 8.42 Å². The van der Waals surface area contributed by atoms with E-state index >= 15 is 0 Å². The molecule has 1 atom stereocenters. The molecule has 0 saturated carbocycles. The molecular formula is C18H17BrN2O7S. The van der Waals surface area contributed by atoms with Crippen LogP contribution in [0.2, 0.25) is 0 Å². The first-order chi connectivity index (χ1) is 13.5. The first-order valence-corrected chi connectivity index (χ1v) is 10.7. The lowest BCUT2D eigenvalue weighted by Crippen LogP contribution is -2.44. The van der Waals surface area contributed by atoms with Gasteiger partial charge >= 0.3 is 5.97 Å². The number of methoxy groups -OCH3 is 1. The molecule has 3 rings (SSSR count). The molecule has 1 heterocycles. The van der Waals surface area contributed by atoms with Gasteiger partial charge in [-0.3, -0.25) is 14.9 Å². The number of carbonyl (C=O) groups excluding carboxylic acids is 1. The van der Waals surface area contributed by atoms with Crippen molar-refractivity contribution in [2.45, 2.75) is 24.8 Å². The van der Waals surface area contributed by atoms with Crippen molar-refractivity contribution < 1.29 is 27.3 Å². The molecule has 0 radical (unpaired) electrons. The van der Waals surface area contributed by atoms with Gasteiger partial charge in [-0.15, -0.1) is 0 Å². The third-order valence-corrected chi connectivity index (χ3v) is 6.50. The fraction of sp³-hybridized carbons (Fsp3) is 0.278. The zero-order valence-electron chi connectivity index (χ0n) is 15.6. The van der Waals surface area contributed by atoms with E-state index in [9.17, 15) is 23.3 Å². The molecule has 29 heavy (non-hydrogen) atoms. The minimum absolute atomic E-state index is 0.104. The van der Waals surface area contributed by atoms with Gasteiger partial charge in [0.2, 0.25) is 10.0 Å². The maximum Gasteiger partial charge on any atom is 0.324 e. The second kappa shape index (κ2) is 7.73. The van der Waals surface area contributed by atoms with E-state index in [1.165, 1.54) is 25.3 Å². The molecule has 9 nitrogen and oxygen atoms in total. The standard InChI is InChI=1S/C18H17BrN2O7S/c1-9(2)17(18(22)27-3)20-29(25,26)10-4-5-11-12-7-13(19)14(21(23)24)8-16(12)28-15(11)6-10/h4-9,17,20H,1-3H3. The van der Waals surface area contributed by atoms with E-state index in [1.807, 2.05) is 0 Å². The zero-order chi connectivity index (χ0) is 21.5. The number of nitro groups is 1. The van der Waals surface area contributed by atoms with Crippen molar-refractivity contribution in [3.63, 3.8) is 0 Å². The Kier molecular flexibility index (Phi) is 5.65. The minimum atomic E-state index is -4.05. The number of nitrogens with one attached hydrogen (secondary N) is 1. The lowest BCUT2D eigenvalue weighted by molar-refractivity contribution is -0.385. The molecule has 0 spiro atoms. The highest BCUT2D eigenvalue weighted by Gasteiger charge is 2.29. The molecule has 0 saturated heterocycles. The number of esters is 1. The molecule has 0 aliphatic heterocycles. The molecule has 0 amide bonds. The first-order valence-electron chi connectivity index (χ1n) is 8.45. The SMILES string of the molecule is COC(=O)C(NS(=O)(=O)c1ccc2c(c1)oc1cc([N+](=O)[O-])c(Br)cc12)C(C)C. The lowest BCUT2D eigenvalue weighted by atomic mass is 10.1. The molecule has 0 fully saturated rings. The molecule has 0 bridgehead atoms. The zero-order valence-corrected chi connectivity index (χ0v) is 18.0. The topological polar surface area (TPSA) is 129 Å². The Morgan fingerprint density at radius 3 is 2.45 bits per heavy atom. The Balaban J connectivity index is 2.07. The predicted octanol–water partition coefficient (Wildman–Crippen LogP) is 3.73. The van der Waals surface area contributed by atoms with Gasteiger partial charge in [-0.2, -0.15) is 4.72 Å². The third-order valence-electron chi connectivity index (χ3n) is 4.42. The van der Waals surface area contributed by atoms with E-state index in [1.54, 1.807) is 26.0 Å². The molecule has 2 aromatic carbocycles. The molecule has 11 heteroatoms. The molecule has 0 aliphatic carbocycles. The summed E-state index contributed by atoms with van der Waals surface area (Å²) in [7, 11) is -2.86. The smallest absolute Gasteiger partial charge is 0.324 e. The summed E-state index contributed by atoms with van der Waals surface area (Å²) in [6.45, 7) is 3.38. The van der Waals surface area contributed by atoms with Gasteiger partial charge in [0, 0.05) is 16.8 Å². The van der Waals surface area contributed by atoms with Crippen molar-refractivity contribution in [2.24, 2.45) is 5.92 Å². The summed E-state index contributed by atoms with van der Waals surface area (Å²) in [5.41, 5.74) is 0.338. The van der Waals surface area contributed by atoms with Gasteiger partial charge in [-0.05, 0) is 40.0 Å². The quantitative estimate of drug-likeness (QED) is 0.320. The number of benzene rings is 2. The Hall–Kier alpha value is -2.50. The van der Waals surface area contributed by atoms with Crippen LogP contribution < -0.4 is 4.72 Å². The van der Waals surface area contributed by atoms with Gasteiger partial charge in [0.25, 0.3) is 5.69 Å². The lowest BCUT2D eigenvalue weighted by Gasteiger charge is -2.19. The Labute approximate surface area is 174 Å². The number of ether oxygens (including phenoxy) is 1. The van der Waals surface area contributed by atoms with Crippen molar-refractivity contribution in [1.29, 1.82) is 0 Å². The molecule has 1 aromatic heterocycles. The number of nitrogens with zero attached hydrogens (tertiary/aromatic N) is 1. The van der Waals surface area contributed by atoms with E-state index < -0.39 is 27.0 Å². The summed E-state index contributed by atoms with van der Waals surface area (Å²) in [4.78, 5) is 22.3. The second-order valence-electron chi connectivity index (χ2n) is 6.68. The maximum atomic E-state index is 12.8. The number of halogens is 1. The van der Waals surface area contributed by atoms with Gasteiger partial charge in [-0.1, -0.05) is 13.8 Å². The van der Waals surface area contributed by atoms with Gasteiger partial charge < -0.3 is 9.15 Å². The summed E-state index contributed by atoms with van der Waals surface area (Å²) in [5, 5.41) is 12.3. The van der Waals surface area contributed by atoms with Crippen LogP contribution in [0.25, 0.3) is 21.9 Å². The first kappa shape index (κ1) is 21.2. The van der Waals surface area contributed by atoms with Crippen LogP contribution in [0, 0.1) is 16.0 Å². The van der Waals surface area contributed by atoms with Gasteiger partial charge in [0.05, 0.1) is 27.5 Å². The summed E-state index contributed by atoms with van der Waals surface area (Å²) in [6.07, 6.45) is 0. The second-order valence-corrected chi connectivity index (χ2v) is 9.25. The average Bonchev–Trinajstić information content (AvgIpc) is 3.01. The van der Waals surface area contributed by atoms with Crippen molar-refractivity contribution >= 4 is 59.5 Å². The average molecular weight is 485 g/mol. The number of nitro benzene ring substituents is 1. The molecule has 0 aliphatic rings. The summed E-state index contributed by atoms with van der Waals surface area (Å²) < 4.78 is 38.5. The Morgan fingerprint density at radius 2 is 1.86 bits per heavy atom. The third kappa shape index (κ3) is 3.98. The van der Waals surface area contributed by atoms with Crippen LogP contribution in [0.4, 0.5) is 5.69 Å². The van der Waals surface area contributed by atoms with Crippen LogP contribution in [0.1, 0.15) is 13.8 Å². The highest BCUT2D eigenvalue weighted by atomic mass is 79.9. The van der Waals surface area contributed by atoms with Crippen molar-refractivity contribution in [3.8, 4) is 0 Å². The number of hydrogen-bond donors (Lipinski definition) is 1. The monoisotopic (exact) mass is 484 g/mol. The molecule has 1 N–H and O–H groups in total. The van der Waals surface area contributed by atoms with Crippen LogP contribution >= 0.6 is 15.9 Å². The molecule has 1 unspecified atom stereocenters. The van der Waals surface area contributed by atoms with Gasteiger partial charge in [0.1, 0.15) is 17.2 Å². The fourth-order valence-corrected chi connectivity index (χ4v) is 4.73. The largest absolute Gasteiger partial charge is 0.468 e. The fourth-order valence-electron chi connectivity index (χ4n) is 2.89. The molecule has 154 valence electrons. The Bertz CT molecular complexity index is 1230. The number of rotatable bonds is 6. The number of hydrogen-bond acceptors (Lipinski definition) is 7. The van der Waals surface area contributed by atoms with E-state index in [2.05, 4.69) is 25.4 Å².